The Morgan fingerprint density at radius 3 is 2.65 bits per heavy atom. The number of thiazole rings is 1. The van der Waals surface area contributed by atoms with Gasteiger partial charge in [0.25, 0.3) is 5.91 Å². The Morgan fingerprint density at radius 2 is 1.84 bits per heavy atom. The van der Waals surface area contributed by atoms with Gasteiger partial charge in [0.1, 0.15) is 12.4 Å². The van der Waals surface area contributed by atoms with Crippen LogP contribution in [-0.2, 0) is 19.7 Å². The molecule has 0 atom stereocenters. The van der Waals surface area contributed by atoms with Gasteiger partial charge in [-0.2, -0.15) is 0 Å². The Kier molecular flexibility index (Phi) is 7.69. The topological polar surface area (TPSA) is 54.5 Å². The first-order valence-corrected chi connectivity index (χ1v) is 11.9. The van der Waals surface area contributed by atoms with E-state index >= 15 is 0 Å². The number of aromatic nitrogens is 1. The third kappa shape index (κ3) is 6.64. The van der Waals surface area contributed by atoms with E-state index < -0.39 is 0 Å². The molecule has 0 saturated carbocycles. The monoisotopic (exact) mass is 435 g/mol. The van der Waals surface area contributed by atoms with Gasteiger partial charge in [0, 0.05) is 24.0 Å². The van der Waals surface area contributed by atoms with E-state index in [0.717, 1.165) is 17.8 Å². The predicted molar refractivity (Wildman–Crippen MR) is 124 cm³/mol. The lowest BCUT2D eigenvalue weighted by molar-refractivity contribution is 0.0950. The largest absolute Gasteiger partial charge is 0.487 e. The Morgan fingerprint density at radius 1 is 1.03 bits per heavy atom. The molecule has 1 amide bonds. The minimum atomic E-state index is -0.1000. The molecule has 1 aromatic heterocycles. The lowest BCUT2D eigenvalue weighted by Gasteiger charge is -2.20. The number of carbonyl (C=O) groups excluding carboxylic acids is 1. The first kappa shape index (κ1) is 21.5. The summed E-state index contributed by atoms with van der Waals surface area (Å²) in [5, 5.41) is 4.99. The summed E-state index contributed by atoms with van der Waals surface area (Å²) in [6.07, 6.45) is 5.28. The molecule has 1 fully saturated rings. The fourth-order valence-corrected chi connectivity index (χ4v) is 4.41. The quantitative estimate of drug-likeness (QED) is 0.539. The molecule has 0 spiro atoms. The van der Waals surface area contributed by atoms with E-state index in [1.807, 2.05) is 17.5 Å². The third-order valence-electron chi connectivity index (χ3n) is 5.52. The van der Waals surface area contributed by atoms with Gasteiger partial charge >= 0.3 is 0 Å². The van der Waals surface area contributed by atoms with E-state index in [4.69, 9.17) is 4.74 Å². The van der Waals surface area contributed by atoms with Gasteiger partial charge in [-0.25, -0.2) is 4.98 Å². The smallest absolute Gasteiger partial charge is 0.251 e. The highest BCUT2D eigenvalue weighted by Gasteiger charge is 2.11. The minimum Gasteiger partial charge on any atom is -0.487 e. The molecule has 1 saturated heterocycles. The van der Waals surface area contributed by atoms with E-state index in [-0.39, 0.29) is 5.91 Å². The summed E-state index contributed by atoms with van der Waals surface area (Å²) in [7, 11) is 0. The van der Waals surface area contributed by atoms with Gasteiger partial charge in [-0.3, -0.25) is 9.69 Å². The Labute approximate surface area is 188 Å². The molecule has 1 N–H and O–H groups in total. The van der Waals surface area contributed by atoms with Crippen LogP contribution in [-0.4, -0.2) is 28.9 Å². The van der Waals surface area contributed by atoms with Gasteiger partial charge in [0.15, 0.2) is 0 Å². The number of carbonyl (C=O) groups is 1. The lowest BCUT2D eigenvalue weighted by atomic mass is 10.1. The molecule has 1 aliphatic heterocycles. The van der Waals surface area contributed by atoms with E-state index in [2.05, 4.69) is 39.5 Å². The van der Waals surface area contributed by atoms with Gasteiger partial charge in [0.05, 0.1) is 11.2 Å². The normalized spacial score (nSPS) is 14.7. The van der Waals surface area contributed by atoms with E-state index in [9.17, 15) is 4.79 Å². The maximum absolute atomic E-state index is 12.7. The molecule has 3 aromatic rings. The number of benzene rings is 2. The summed E-state index contributed by atoms with van der Waals surface area (Å²) in [6, 6.07) is 15.8. The first-order valence-electron chi connectivity index (χ1n) is 10.9. The van der Waals surface area contributed by atoms with Crippen molar-refractivity contribution in [3.8, 4) is 5.75 Å². The molecule has 0 bridgehead atoms. The van der Waals surface area contributed by atoms with Gasteiger partial charge in [-0.15, -0.1) is 11.3 Å². The van der Waals surface area contributed by atoms with Crippen LogP contribution in [0, 0.1) is 0 Å². The SMILES string of the molecule is O=C(NCc1cccc(CN2CCCCCC2)c1)c1cccc(OCc2cscn2)c1. The van der Waals surface area contributed by atoms with Crippen molar-refractivity contribution in [2.45, 2.75) is 45.4 Å². The van der Waals surface area contributed by atoms with Crippen LogP contribution in [0.25, 0.3) is 0 Å². The van der Waals surface area contributed by atoms with Crippen LogP contribution in [0.2, 0.25) is 0 Å². The maximum atomic E-state index is 12.7. The average molecular weight is 436 g/mol. The molecule has 162 valence electrons. The molecular weight excluding hydrogens is 406 g/mol. The van der Waals surface area contributed by atoms with Crippen molar-refractivity contribution in [3.63, 3.8) is 0 Å². The number of rotatable bonds is 8. The van der Waals surface area contributed by atoms with Crippen LogP contribution >= 0.6 is 11.3 Å². The summed E-state index contributed by atoms with van der Waals surface area (Å²) >= 11 is 1.54. The number of nitrogens with one attached hydrogen (secondary N) is 1. The molecule has 4 rings (SSSR count). The number of nitrogens with zero attached hydrogens (tertiary/aromatic N) is 2. The Balaban J connectivity index is 1.30. The molecule has 1 aliphatic rings. The molecule has 0 radical (unpaired) electrons. The highest BCUT2D eigenvalue weighted by Crippen LogP contribution is 2.17. The van der Waals surface area contributed by atoms with Crippen molar-refractivity contribution < 1.29 is 9.53 Å². The van der Waals surface area contributed by atoms with Crippen molar-refractivity contribution in [1.82, 2.24) is 15.2 Å². The van der Waals surface area contributed by atoms with Crippen LogP contribution in [0.4, 0.5) is 0 Å². The molecule has 31 heavy (non-hydrogen) atoms. The second kappa shape index (κ2) is 11.1. The van der Waals surface area contributed by atoms with Crippen molar-refractivity contribution in [2.75, 3.05) is 13.1 Å². The standard InChI is InChI=1S/C25H29N3O2S/c29-25(22-9-6-10-24(14-22)30-17-23-18-31-19-27-23)26-15-20-7-5-8-21(13-20)16-28-11-3-1-2-4-12-28/h5-10,13-14,18-19H,1-4,11-12,15-17H2,(H,26,29). The number of amides is 1. The average Bonchev–Trinajstić information content (AvgIpc) is 3.20. The predicted octanol–water partition coefficient (Wildman–Crippen LogP) is 5.03. The van der Waals surface area contributed by atoms with Crippen LogP contribution < -0.4 is 10.1 Å². The number of likely N-dealkylation sites (tertiary alicyclic amines) is 1. The maximum Gasteiger partial charge on any atom is 0.251 e. The van der Waals surface area contributed by atoms with Crippen molar-refractivity contribution in [3.05, 3.63) is 81.8 Å². The zero-order chi connectivity index (χ0) is 21.3. The molecular formula is C25H29N3O2S. The zero-order valence-electron chi connectivity index (χ0n) is 17.8. The Hall–Kier alpha value is -2.70. The molecule has 0 aliphatic carbocycles. The summed E-state index contributed by atoms with van der Waals surface area (Å²) < 4.78 is 5.76. The number of ether oxygens (including phenoxy) is 1. The Bertz CT molecular complexity index is 966. The molecule has 0 unspecified atom stereocenters. The highest BCUT2D eigenvalue weighted by atomic mass is 32.1. The van der Waals surface area contributed by atoms with E-state index in [1.54, 1.807) is 29.0 Å². The zero-order valence-corrected chi connectivity index (χ0v) is 18.6. The van der Waals surface area contributed by atoms with Gasteiger partial charge < -0.3 is 10.1 Å². The van der Waals surface area contributed by atoms with Crippen molar-refractivity contribution in [1.29, 1.82) is 0 Å². The minimum absolute atomic E-state index is 0.1000. The lowest BCUT2D eigenvalue weighted by Crippen LogP contribution is -2.24. The van der Waals surface area contributed by atoms with Crippen molar-refractivity contribution in [2.24, 2.45) is 0 Å². The second-order valence-electron chi connectivity index (χ2n) is 7.99. The van der Waals surface area contributed by atoms with Crippen LogP contribution in [0.3, 0.4) is 0 Å². The number of hydrogen-bond donors (Lipinski definition) is 1. The summed E-state index contributed by atoms with van der Waals surface area (Å²) in [6.45, 7) is 4.26. The third-order valence-corrected chi connectivity index (χ3v) is 6.15. The van der Waals surface area contributed by atoms with Gasteiger partial charge in [0.2, 0.25) is 0 Å². The second-order valence-corrected chi connectivity index (χ2v) is 8.71. The molecule has 5 nitrogen and oxygen atoms in total. The van der Waals surface area contributed by atoms with E-state index in [1.165, 1.54) is 44.3 Å². The molecule has 6 heteroatoms. The fourth-order valence-electron chi connectivity index (χ4n) is 3.87. The molecule has 2 heterocycles. The first-order chi connectivity index (χ1) is 15.3. The summed E-state index contributed by atoms with van der Waals surface area (Å²) in [4.78, 5) is 19.4. The van der Waals surface area contributed by atoms with Crippen LogP contribution in [0.1, 0.15) is 52.9 Å². The van der Waals surface area contributed by atoms with Crippen LogP contribution in [0.5, 0.6) is 5.75 Å². The van der Waals surface area contributed by atoms with E-state index in [0.29, 0.717) is 24.5 Å². The summed E-state index contributed by atoms with van der Waals surface area (Å²) in [5.74, 6) is 0.567. The van der Waals surface area contributed by atoms with Crippen molar-refractivity contribution >= 4 is 17.2 Å². The van der Waals surface area contributed by atoms with Gasteiger partial charge in [-0.05, 0) is 55.3 Å². The van der Waals surface area contributed by atoms with Gasteiger partial charge in [-0.1, -0.05) is 43.2 Å². The highest BCUT2D eigenvalue weighted by molar-refractivity contribution is 7.07. The summed E-state index contributed by atoms with van der Waals surface area (Å²) in [5.41, 5.74) is 5.70. The number of hydrogen-bond acceptors (Lipinski definition) is 5. The van der Waals surface area contributed by atoms with Crippen LogP contribution in [0.15, 0.2) is 59.4 Å². The fraction of sp³-hybridized carbons (Fsp3) is 0.360. The molecule has 2 aromatic carbocycles.